The molecule has 3 N–H and O–H groups in total. The molecule has 0 aliphatic carbocycles. The Bertz CT molecular complexity index is 426. The van der Waals surface area contributed by atoms with Crippen LogP contribution in [0.3, 0.4) is 0 Å². The Morgan fingerprint density at radius 3 is 2.40 bits per heavy atom. The van der Waals surface area contributed by atoms with E-state index in [1.54, 1.807) is 0 Å². The van der Waals surface area contributed by atoms with Gasteiger partial charge in [-0.25, -0.2) is 0 Å². The zero-order valence-electron chi connectivity index (χ0n) is 8.99. The second-order valence-corrected chi connectivity index (χ2v) is 3.74. The van der Waals surface area contributed by atoms with Gasteiger partial charge in [-0.15, -0.1) is 0 Å². The maximum atomic E-state index is 6.20. The number of nitrogens with one attached hydrogen (secondary N) is 1. The Balaban J connectivity index is 2.41. The zero-order chi connectivity index (χ0) is 10.8. The maximum Gasteiger partial charge on any atom is 0.0645 e. The van der Waals surface area contributed by atoms with Crippen molar-refractivity contribution in [3.8, 4) is 0 Å². The Hall–Kier alpha value is -1.61. The van der Waals surface area contributed by atoms with Gasteiger partial charge >= 0.3 is 0 Å². The highest BCUT2D eigenvalue weighted by molar-refractivity contribution is 5.35. The first-order valence-electron chi connectivity index (χ1n) is 5.02. The lowest BCUT2D eigenvalue weighted by atomic mass is 9.98. The topological polar surface area (TPSA) is 54.7 Å². The summed E-state index contributed by atoms with van der Waals surface area (Å²) in [7, 11) is 0. The molecular formula is C12H15N3. The van der Waals surface area contributed by atoms with Crippen molar-refractivity contribution in [2.24, 2.45) is 5.73 Å². The van der Waals surface area contributed by atoms with E-state index in [2.05, 4.69) is 10.2 Å². The minimum Gasteiger partial charge on any atom is -0.320 e. The molecule has 1 atom stereocenters. The molecule has 78 valence electrons. The number of benzene rings is 1. The van der Waals surface area contributed by atoms with Crippen molar-refractivity contribution in [1.29, 1.82) is 0 Å². The number of nitrogens with zero attached hydrogens (tertiary/aromatic N) is 1. The Morgan fingerprint density at radius 1 is 1.20 bits per heavy atom. The van der Waals surface area contributed by atoms with E-state index in [0.29, 0.717) is 0 Å². The van der Waals surface area contributed by atoms with Crippen LogP contribution < -0.4 is 5.73 Å². The molecule has 0 aliphatic heterocycles. The third-order valence-corrected chi connectivity index (χ3v) is 2.65. The standard InChI is InChI=1S/C12H15N3/c1-8-11(9(2)15-14-8)12(13)10-6-4-3-5-7-10/h3-7,12H,13H2,1-2H3,(H,14,15)/t12-/m0/s1. The third-order valence-electron chi connectivity index (χ3n) is 2.65. The number of aromatic amines is 1. The van der Waals surface area contributed by atoms with Gasteiger partial charge in [0.15, 0.2) is 0 Å². The first-order chi connectivity index (χ1) is 7.20. The Labute approximate surface area is 89.3 Å². The van der Waals surface area contributed by atoms with Crippen LogP contribution in [0.25, 0.3) is 0 Å². The summed E-state index contributed by atoms with van der Waals surface area (Å²) in [5.41, 5.74) is 10.4. The number of aromatic nitrogens is 2. The Morgan fingerprint density at radius 2 is 1.87 bits per heavy atom. The van der Waals surface area contributed by atoms with Gasteiger partial charge in [0.1, 0.15) is 0 Å². The fourth-order valence-electron chi connectivity index (χ4n) is 1.84. The van der Waals surface area contributed by atoms with Crippen molar-refractivity contribution in [2.75, 3.05) is 0 Å². The number of nitrogens with two attached hydrogens (primary N) is 1. The van der Waals surface area contributed by atoms with Crippen LogP contribution in [0.5, 0.6) is 0 Å². The maximum absolute atomic E-state index is 6.20. The quantitative estimate of drug-likeness (QED) is 0.781. The summed E-state index contributed by atoms with van der Waals surface area (Å²) in [6, 6.07) is 9.98. The van der Waals surface area contributed by atoms with Crippen LogP contribution in [0.4, 0.5) is 0 Å². The molecule has 1 aromatic heterocycles. The summed E-state index contributed by atoms with van der Waals surface area (Å²) < 4.78 is 0. The Kier molecular flexibility index (Phi) is 2.56. The minimum absolute atomic E-state index is 0.0926. The van der Waals surface area contributed by atoms with E-state index in [-0.39, 0.29) is 6.04 Å². The van der Waals surface area contributed by atoms with E-state index in [1.807, 2.05) is 44.2 Å². The highest BCUT2D eigenvalue weighted by Gasteiger charge is 2.15. The summed E-state index contributed by atoms with van der Waals surface area (Å²) in [6.45, 7) is 3.97. The molecule has 0 saturated heterocycles. The van der Waals surface area contributed by atoms with Gasteiger partial charge in [-0.1, -0.05) is 30.3 Å². The van der Waals surface area contributed by atoms with Crippen LogP contribution in [-0.4, -0.2) is 10.2 Å². The number of hydrogen-bond acceptors (Lipinski definition) is 2. The van der Waals surface area contributed by atoms with E-state index in [1.165, 1.54) is 0 Å². The van der Waals surface area contributed by atoms with Crippen LogP contribution in [-0.2, 0) is 0 Å². The molecule has 0 unspecified atom stereocenters. The smallest absolute Gasteiger partial charge is 0.0645 e. The molecule has 0 fully saturated rings. The predicted molar refractivity (Wildman–Crippen MR) is 60.5 cm³/mol. The number of hydrogen-bond donors (Lipinski definition) is 2. The minimum atomic E-state index is -0.0926. The average Bonchev–Trinajstić information content (AvgIpc) is 2.59. The monoisotopic (exact) mass is 201 g/mol. The number of aryl methyl sites for hydroxylation is 2. The molecule has 3 nitrogen and oxygen atoms in total. The van der Waals surface area contributed by atoms with Crippen LogP contribution in [0.15, 0.2) is 30.3 Å². The first-order valence-corrected chi connectivity index (χ1v) is 5.02. The molecule has 0 bridgehead atoms. The van der Waals surface area contributed by atoms with Crippen LogP contribution in [0.2, 0.25) is 0 Å². The zero-order valence-corrected chi connectivity index (χ0v) is 8.99. The number of rotatable bonds is 2. The van der Waals surface area contributed by atoms with Crippen molar-refractivity contribution in [3.05, 3.63) is 52.8 Å². The van der Waals surface area contributed by atoms with Crippen LogP contribution in [0, 0.1) is 13.8 Å². The van der Waals surface area contributed by atoms with Crippen LogP contribution >= 0.6 is 0 Å². The number of H-pyrrole nitrogens is 1. The highest BCUT2D eigenvalue weighted by atomic mass is 15.1. The second-order valence-electron chi connectivity index (χ2n) is 3.74. The average molecular weight is 201 g/mol. The van der Waals surface area contributed by atoms with Gasteiger partial charge in [-0.2, -0.15) is 5.10 Å². The lowest BCUT2D eigenvalue weighted by Gasteiger charge is -2.12. The van der Waals surface area contributed by atoms with Crippen molar-refractivity contribution >= 4 is 0 Å². The summed E-state index contributed by atoms with van der Waals surface area (Å²) in [6.07, 6.45) is 0. The lowest BCUT2D eigenvalue weighted by Crippen LogP contribution is -2.13. The molecule has 0 amide bonds. The van der Waals surface area contributed by atoms with E-state index in [0.717, 1.165) is 22.5 Å². The summed E-state index contributed by atoms with van der Waals surface area (Å²) in [4.78, 5) is 0. The third kappa shape index (κ3) is 1.78. The fraction of sp³-hybridized carbons (Fsp3) is 0.250. The lowest BCUT2D eigenvalue weighted by molar-refractivity contribution is 0.853. The summed E-state index contributed by atoms with van der Waals surface area (Å²) in [5, 5.41) is 7.12. The molecule has 0 aliphatic rings. The summed E-state index contributed by atoms with van der Waals surface area (Å²) >= 11 is 0. The molecule has 1 heterocycles. The first kappa shape index (κ1) is 9.93. The van der Waals surface area contributed by atoms with Gasteiger partial charge in [0, 0.05) is 11.3 Å². The van der Waals surface area contributed by atoms with Crippen molar-refractivity contribution in [1.82, 2.24) is 10.2 Å². The molecule has 2 rings (SSSR count). The van der Waals surface area contributed by atoms with Gasteiger partial charge < -0.3 is 5.73 Å². The van der Waals surface area contributed by atoms with Crippen LogP contribution in [0.1, 0.15) is 28.6 Å². The van der Waals surface area contributed by atoms with E-state index < -0.39 is 0 Å². The van der Waals surface area contributed by atoms with E-state index >= 15 is 0 Å². The van der Waals surface area contributed by atoms with Gasteiger partial charge in [-0.05, 0) is 19.4 Å². The second kappa shape index (κ2) is 3.87. The molecule has 3 heteroatoms. The SMILES string of the molecule is Cc1n[nH]c(C)c1[C@@H](N)c1ccccc1. The predicted octanol–water partition coefficient (Wildman–Crippen LogP) is 2.07. The highest BCUT2D eigenvalue weighted by Crippen LogP contribution is 2.23. The molecule has 0 saturated carbocycles. The molecule has 0 radical (unpaired) electrons. The molecule has 15 heavy (non-hydrogen) atoms. The van der Waals surface area contributed by atoms with Gasteiger partial charge in [0.05, 0.1) is 11.7 Å². The molecule has 2 aromatic rings. The molecule has 1 aromatic carbocycles. The normalized spacial score (nSPS) is 12.7. The van der Waals surface area contributed by atoms with Gasteiger partial charge in [0.25, 0.3) is 0 Å². The van der Waals surface area contributed by atoms with Crippen molar-refractivity contribution < 1.29 is 0 Å². The molecular weight excluding hydrogens is 186 g/mol. The molecule has 0 spiro atoms. The fourth-order valence-corrected chi connectivity index (χ4v) is 1.84. The van der Waals surface area contributed by atoms with E-state index in [4.69, 9.17) is 5.73 Å². The van der Waals surface area contributed by atoms with Gasteiger partial charge in [-0.3, -0.25) is 5.10 Å². The van der Waals surface area contributed by atoms with Gasteiger partial charge in [0.2, 0.25) is 0 Å². The van der Waals surface area contributed by atoms with Crippen molar-refractivity contribution in [2.45, 2.75) is 19.9 Å². The summed E-state index contributed by atoms with van der Waals surface area (Å²) in [5.74, 6) is 0. The van der Waals surface area contributed by atoms with Crippen molar-refractivity contribution in [3.63, 3.8) is 0 Å². The van der Waals surface area contributed by atoms with E-state index in [9.17, 15) is 0 Å². The largest absolute Gasteiger partial charge is 0.320 e.